The molecule has 0 saturated carbocycles. The molecule has 17 heavy (non-hydrogen) atoms. The van der Waals surface area contributed by atoms with Gasteiger partial charge in [-0.25, -0.2) is 0 Å². The maximum Gasteiger partial charge on any atom is 0.0762 e. The summed E-state index contributed by atoms with van der Waals surface area (Å²) in [5.41, 5.74) is 1.09. The first kappa shape index (κ1) is 12.8. The van der Waals surface area contributed by atoms with E-state index in [1.165, 1.54) is 8.66 Å². The topological polar surface area (TPSA) is 29.9 Å². The molecule has 0 fully saturated rings. The van der Waals surface area contributed by atoms with Crippen LogP contribution >= 0.6 is 27.3 Å². The molecule has 0 aliphatic heterocycles. The van der Waals surface area contributed by atoms with E-state index in [1.807, 2.05) is 10.9 Å². The monoisotopic (exact) mass is 313 g/mol. The predicted molar refractivity (Wildman–Crippen MR) is 75.2 cm³/mol. The summed E-state index contributed by atoms with van der Waals surface area (Å²) in [6, 6.07) is 6.71. The minimum atomic E-state index is 0.428. The number of halogens is 1. The number of nitrogens with one attached hydrogen (secondary N) is 1. The molecule has 2 aromatic rings. The van der Waals surface area contributed by atoms with Gasteiger partial charge in [0.25, 0.3) is 0 Å². The highest BCUT2D eigenvalue weighted by molar-refractivity contribution is 9.11. The highest BCUT2D eigenvalue weighted by atomic mass is 79.9. The first-order valence-corrected chi connectivity index (χ1v) is 7.25. The van der Waals surface area contributed by atoms with Crippen LogP contribution in [0.3, 0.4) is 0 Å². The molecule has 0 radical (unpaired) electrons. The second kappa shape index (κ2) is 5.80. The lowest BCUT2D eigenvalue weighted by Gasteiger charge is -2.04. The predicted octanol–water partition coefficient (Wildman–Crippen LogP) is 3.58. The molecular weight excluding hydrogens is 298 g/mol. The van der Waals surface area contributed by atoms with Gasteiger partial charge in [-0.3, -0.25) is 4.68 Å². The average Bonchev–Trinajstić information content (AvgIpc) is 2.88. The van der Waals surface area contributed by atoms with Gasteiger partial charge in [-0.15, -0.1) is 11.3 Å². The van der Waals surface area contributed by atoms with Crippen LogP contribution < -0.4 is 5.32 Å². The van der Waals surface area contributed by atoms with Gasteiger partial charge in [0.2, 0.25) is 0 Å². The molecule has 0 aliphatic carbocycles. The molecule has 0 bridgehead atoms. The van der Waals surface area contributed by atoms with Crippen molar-refractivity contribution in [3.8, 4) is 0 Å². The van der Waals surface area contributed by atoms with Gasteiger partial charge in [0, 0.05) is 30.2 Å². The Balaban J connectivity index is 1.81. The van der Waals surface area contributed by atoms with Crippen LogP contribution in [0.1, 0.15) is 30.5 Å². The summed E-state index contributed by atoms with van der Waals surface area (Å²) in [6.07, 6.45) is 2.03. The van der Waals surface area contributed by atoms with E-state index in [4.69, 9.17) is 0 Å². The van der Waals surface area contributed by atoms with E-state index in [0.29, 0.717) is 6.04 Å². The lowest BCUT2D eigenvalue weighted by Crippen LogP contribution is -2.13. The fraction of sp³-hybridized carbons (Fsp3) is 0.417. The Kier molecular flexibility index (Phi) is 4.36. The Labute approximate surface area is 114 Å². The van der Waals surface area contributed by atoms with Crippen molar-refractivity contribution in [2.45, 2.75) is 33.0 Å². The van der Waals surface area contributed by atoms with Crippen molar-refractivity contribution in [3.05, 3.63) is 38.8 Å². The molecule has 0 aliphatic rings. The summed E-state index contributed by atoms with van der Waals surface area (Å²) < 4.78 is 3.16. The Morgan fingerprint density at radius 3 is 2.76 bits per heavy atom. The second-order valence-corrected chi connectivity index (χ2v) is 6.74. The Bertz CT molecular complexity index is 476. The summed E-state index contributed by atoms with van der Waals surface area (Å²) in [7, 11) is 0. The van der Waals surface area contributed by atoms with Gasteiger partial charge in [-0.05, 0) is 48.0 Å². The van der Waals surface area contributed by atoms with Crippen molar-refractivity contribution in [2.75, 3.05) is 0 Å². The van der Waals surface area contributed by atoms with E-state index in [2.05, 4.69) is 58.4 Å². The van der Waals surface area contributed by atoms with Gasteiger partial charge in [0.1, 0.15) is 0 Å². The SMILES string of the molecule is CC(C)n1ccc(CNCc2ccc(Br)s2)n1. The number of aromatic nitrogens is 2. The summed E-state index contributed by atoms with van der Waals surface area (Å²) in [4.78, 5) is 1.33. The highest BCUT2D eigenvalue weighted by Gasteiger charge is 2.02. The first-order valence-electron chi connectivity index (χ1n) is 5.64. The fourth-order valence-corrected chi connectivity index (χ4v) is 2.97. The van der Waals surface area contributed by atoms with Gasteiger partial charge < -0.3 is 5.32 Å². The summed E-state index contributed by atoms with van der Waals surface area (Å²) in [5.74, 6) is 0. The number of rotatable bonds is 5. The number of nitrogens with zero attached hydrogens (tertiary/aromatic N) is 2. The lowest BCUT2D eigenvalue weighted by atomic mass is 10.4. The molecule has 0 unspecified atom stereocenters. The van der Waals surface area contributed by atoms with Crippen molar-refractivity contribution in [1.82, 2.24) is 15.1 Å². The molecule has 0 spiro atoms. The molecule has 0 atom stereocenters. The summed E-state index contributed by atoms with van der Waals surface area (Å²) in [6.45, 7) is 5.97. The van der Waals surface area contributed by atoms with Crippen molar-refractivity contribution < 1.29 is 0 Å². The Hall–Kier alpha value is -0.650. The van der Waals surface area contributed by atoms with Crippen LogP contribution in [0.2, 0.25) is 0 Å². The third kappa shape index (κ3) is 3.66. The molecule has 2 rings (SSSR count). The van der Waals surface area contributed by atoms with E-state index in [9.17, 15) is 0 Å². The maximum absolute atomic E-state index is 4.49. The van der Waals surface area contributed by atoms with Crippen LogP contribution in [0.4, 0.5) is 0 Å². The van der Waals surface area contributed by atoms with Gasteiger partial charge in [0.15, 0.2) is 0 Å². The minimum absolute atomic E-state index is 0.428. The molecule has 92 valence electrons. The molecule has 1 N–H and O–H groups in total. The average molecular weight is 314 g/mol. The van der Waals surface area contributed by atoms with Gasteiger partial charge >= 0.3 is 0 Å². The largest absolute Gasteiger partial charge is 0.306 e. The van der Waals surface area contributed by atoms with Crippen LogP contribution in [0, 0.1) is 0 Å². The van der Waals surface area contributed by atoms with E-state index >= 15 is 0 Å². The zero-order valence-electron chi connectivity index (χ0n) is 9.98. The van der Waals surface area contributed by atoms with Crippen molar-refractivity contribution in [1.29, 1.82) is 0 Å². The second-order valence-electron chi connectivity index (χ2n) is 4.19. The standard InChI is InChI=1S/C12H16BrN3S/c1-9(2)16-6-5-10(15-16)7-14-8-11-3-4-12(13)17-11/h3-6,9,14H,7-8H2,1-2H3. The smallest absolute Gasteiger partial charge is 0.0762 e. The van der Waals surface area contributed by atoms with Crippen molar-refractivity contribution in [2.24, 2.45) is 0 Å². The van der Waals surface area contributed by atoms with E-state index < -0.39 is 0 Å². The number of thiophene rings is 1. The zero-order valence-corrected chi connectivity index (χ0v) is 12.4. The fourth-order valence-electron chi connectivity index (χ4n) is 1.52. The van der Waals surface area contributed by atoms with E-state index in [0.717, 1.165) is 18.8 Å². The van der Waals surface area contributed by atoms with Crippen molar-refractivity contribution >= 4 is 27.3 Å². The van der Waals surface area contributed by atoms with Crippen LogP contribution in [0.15, 0.2) is 28.2 Å². The molecule has 0 amide bonds. The molecule has 2 aromatic heterocycles. The summed E-state index contributed by atoms with van der Waals surface area (Å²) >= 11 is 5.22. The van der Waals surface area contributed by atoms with Crippen LogP contribution in [0.5, 0.6) is 0 Å². The third-order valence-corrected chi connectivity index (χ3v) is 4.05. The van der Waals surface area contributed by atoms with Crippen LogP contribution in [0.25, 0.3) is 0 Å². The normalized spacial score (nSPS) is 11.3. The summed E-state index contributed by atoms with van der Waals surface area (Å²) in [5, 5.41) is 7.89. The lowest BCUT2D eigenvalue weighted by molar-refractivity contribution is 0.521. The molecule has 2 heterocycles. The van der Waals surface area contributed by atoms with Crippen molar-refractivity contribution in [3.63, 3.8) is 0 Å². The zero-order chi connectivity index (χ0) is 12.3. The van der Waals surface area contributed by atoms with Gasteiger partial charge in [-0.2, -0.15) is 5.10 Å². The first-order chi connectivity index (χ1) is 8.15. The number of hydrogen-bond acceptors (Lipinski definition) is 3. The van der Waals surface area contributed by atoms with Gasteiger partial charge in [0.05, 0.1) is 9.48 Å². The number of hydrogen-bond donors (Lipinski definition) is 1. The van der Waals surface area contributed by atoms with Crippen LogP contribution in [-0.4, -0.2) is 9.78 Å². The van der Waals surface area contributed by atoms with Crippen LogP contribution in [-0.2, 0) is 13.1 Å². The Morgan fingerprint density at radius 1 is 1.35 bits per heavy atom. The van der Waals surface area contributed by atoms with E-state index in [1.54, 1.807) is 11.3 Å². The quantitative estimate of drug-likeness (QED) is 0.914. The van der Waals surface area contributed by atoms with Gasteiger partial charge in [-0.1, -0.05) is 0 Å². The maximum atomic E-state index is 4.49. The molecule has 5 heteroatoms. The molecule has 3 nitrogen and oxygen atoms in total. The Morgan fingerprint density at radius 2 is 2.18 bits per heavy atom. The third-order valence-electron chi connectivity index (χ3n) is 2.43. The van der Waals surface area contributed by atoms with E-state index in [-0.39, 0.29) is 0 Å². The molecule has 0 saturated heterocycles. The molecular formula is C12H16BrN3S. The highest BCUT2D eigenvalue weighted by Crippen LogP contribution is 2.21. The molecule has 0 aromatic carbocycles. The minimum Gasteiger partial charge on any atom is -0.306 e.